The number of benzene rings is 1. The molecule has 8 heteroatoms. The molecule has 0 unspecified atom stereocenters. The van der Waals surface area contributed by atoms with Crippen LogP contribution in [0.4, 0.5) is 11.4 Å². The number of carbonyl (C=O) groups excluding carboxylic acids is 2. The monoisotopic (exact) mass is 417 g/mol. The minimum Gasteiger partial charge on any atom is -0.452 e. The molecule has 0 bridgehead atoms. The van der Waals surface area contributed by atoms with Gasteiger partial charge in [0, 0.05) is 25.2 Å². The van der Waals surface area contributed by atoms with Gasteiger partial charge in [-0.3, -0.25) is 14.9 Å². The molecule has 0 radical (unpaired) electrons. The molecular weight excluding hydrogens is 386 g/mol. The van der Waals surface area contributed by atoms with Crippen LogP contribution in [-0.4, -0.2) is 42.5 Å². The van der Waals surface area contributed by atoms with Crippen molar-refractivity contribution in [2.75, 3.05) is 24.6 Å². The summed E-state index contributed by atoms with van der Waals surface area (Å²) >= 11 is 0. The van der Waals surface area contributed by atoms with Crippen LogP contribution in [0.25, 0.3) is 0 Å². The van der Waals surface area contributed by atoms with Crippen LogP contribution >= 0.6 is 0 Å². The molecule has 1 aromatic carbocycles. The Balaban J connectivity index is 1.61. The molecule has 2 fully saturated rings. The van der Waals surface area contributed by atoms with Crippen molar-refractivity contribution in [2.45, 2.75) is 64.3 Å². The minimum absolute atomic E-state index is 0.0825. The van der Waals surface area contributed by atoms with Gasteiger partial charge in [0.2, 0.25) is 0 Å². The molecule has 1 saturated heterocycles. The molecule has 1 aromatic rings. The van der Waals surface area contributed by atoms with Crippen LogP contribution in [0.2, 0.25) is 0 Å². The van der Waals surface area contributed by atoms with E-state index in [2.05, 4.69) is 12.2 Å². The molecule has 1 amide bonds. The highest BCUT2D eigenvalue weighted by molar-refractivity contribution is 5.93. The van der Waals surface area contributed by atoms with Crippen LogP contribution in [0, 0.1) is 16.0 Å². The molecule has 1 N–H and O–H groups in total. The SMILES string of the molecule is C[C@H]1CCCC[C@@H]1NC(=O)COC(=O)c1ccc(N2CCCCCC2)c([N+](=O)[O-])c1. The van der Waals surface area contributed by atoms with E-state index in [4.69, 9.17) is 4.74 Å². The maximum Gasteiger partial charge on any atom is 0.338 e. The lowest BCUT2D eigenvalue weighted by Crippen LogP contribution is -2.42. The van der Waals surface area contributed by atoms with Crippen molar-refractivity contribution in [2.24, 2.45) is 5.92 Å². The molecule has 2 atom stereocenters. The molecule has 1 saturated carbocycles. The number of amides is 1. The summed E-state index contributed by atoms with van der Waals surface area (Å²) in [6.07, 6.45) is 8.51. The molecule has 3 rings (SSSR count). The first kappa shape index (κ1) is 22.1. The Morgan fingerprint density at radius 2 is 1.83 bits per heavy atom. The first-order valence-electron chi connectivity index (χ1n) is 11.0. The Kier molecular flexibility index (Phi) is 7.65. The van der Waals surface area contributed by atoms with Gasteiger partial charge >= 0.3 is 5.97 Å². The first-order valence-corrected chi connectivity index (χ1v) is 11.0. The van der Waals surface area contributed by atoms with E-state index in [1.165, 1.54) is 18.6 Å². The van der Waals surface area contributed by atoms with Crippen molar-refractivity contribution >= 4 is 23.3 Å². The molecule has 1 aliphatic carbocycles. The van der Waals surface area contributed by atoms with Crippen molar-refractivity contribution in [1.82, 2.24) is 5.32 Å². The summed E-state index contributed by atoms with van der Waals surface area (Å²) in [5.41, 5.74) is 0.508. The number of hydrogen-bond acceptors (Lipinski definition) is 6. The Morgan fingerprint density at radius 3 is 2.50 bits per heavy atom. The lowest BCUT2D eigenvalue weighted by Gasteiger charge is -2.29. The molecule has 2 aliphatic rings. The van der Waals surface area contributed by atoms with Gasteiger partial charge in [-0.25, -0.2) is 4.79 Å². The van der Waals surface area contributed by atoms with Gasteiger partial charge in [0.1, 0.15) is 5.69 Å². The van der Waals surface area contributed by atoms with E-state index >= 15 is 0 Å². The number of nitro groups is 1. The van der Waals surface area contributed by atoms with E-state index in [1.54, 1.807) is 6.07 Å². The summed E-state index contributed by atoms with van der Waals surface area (Å²) in [7, 11) is 0. The number of esters is 1. The zero-order chi connectivity index (χ0) is 21.5. The third-order valence-electron chi connectivity index (χ3n) is 6.15. The molecule has 0 aromatic heterocycles. The molecule has 1 aliphatic heterocycles. The van der Waals surface area contributed by atoms with E-state index in [9.17, 15) is 19.7 Å². The highest BCUT2D eigenvalue weighted by atomic mass is 16.6. The predicted molar refractivity (Wildman–Crippen MR) is 114 cm³/mol. The smallest absolute Gasteiger partial charge is 0.338 e. The summed E-state index contributed by atoms with van der Waals surface area (Å²) in [5, 5.41) is 14.5. The van der Waals surface area contributed by atoms with Crippen molar-refractivity contribution in [3.8, 4) is 0 Å². The molecule has 164 valence electrons. The van der Waals surface area contributed by atoms with E-state index in [-0.39, 0.29) is 29.8 Å². The van der Waals surface area contributed by atoms with Crippen LogP contribution in [0.1, 0.15) is 68.6 Å². The van der Waals surface area contributed by atoms with E-state index in [1.807, 2.05) is 4.90 Å². The van der Waals surface area contributed by atoms with Crippen LogP contribution in [0.3, 0.4) is 0 Å². The number of nitro benzene ring substituents is 1. The molecule has 8 nitrogen and oxygen atoms in total. The quantitative estimate of drug-likeness (QED) is 0.429. The normalized spacial score (nSPS) is 22.1. The average molecular weight is 418 g/mol. The highest BCUT2D eigenvalue weighted by Gasteiger charge is 2.25. The number of nitrogens with one attached hydrogen (secondary N) is 1. The average Bonchev–Trinajstić information content (AvgIpc) is 3.02. The van der Waals surface area contributed by atoms with Crippen molar-refractivity contribution in [3.63, 3.8) is 0 Å². The summed E-state index contributed by atoms with van der Waals surface area (Å²) in [6.45, 7) is 3.26. The summed E-state index contributed by atoms with van der Waals surface area (Å²) in [4.78, 5) is 37.7. The van der Waals surface area contributed by atoms with Crippen LogP contribution in [0.15, 0.2) is 18.2 Å². The molecule has 0 spiro atoms. The fraction of sp³-hybridized carbons (Fsp3) is 0.636. The number of anilines is 1. The standard InChI is InChI=1S/C22H31N3O5/c1-16-8-4-5-9-18(16)23-21(26)15-30-22(27)17-10-11-19(20(14-17)25(28)29)24-12-6-2-3-7-13-24/h10-11,14,16,18H,2-9,12-13,15H2,1H3,(H,23,26)/t16-,18-/m0/s1. The lowest BCUT2D eigenvalue weighted by molar-refractivity contribution is -0.384. The second-order valence-electron chi connectivity index (χ2n) is 8.37. The minimum atomic E-state index is -0.729. The molecule has 1 heterocycles. The first-order chi connectivity index (χ1) is 14.5. The van der Waals surface area contributed by atoms with Gasteiger partial charge in [0.15, 0.2) is 6.61 Å². The van der Waals surface area contributed by atoms with Gasteiger partial charge < -0.3 is 15.0 Å². The van der Waals surface area contributed by atoms with Gasteiger partial charge in [-0.1, -0.05) is 32.6 Å². The predicted octanol–water partition coefficient (Wildman–Crippen LogP) is 3.83. The van der Waals surface area contributed by atoms with Gasteiger partial charge in [0.05, 0.1) is 10.5 Å². The van der Waals surface area contributed by atoms with Crippen molar-refractivity contribution in [3.05, 3.63) is 33.9 Å². The number of carbonyl (C=O) groups is 2. The fourth-order valence-electron chi connectivity index (χ4n) is 4.37. The van der Waals surface area contributed by atoms with E-state index < -0.39 is 10.9 Å². The van der Waals surface area contributed by atoms with Gasteiger partial charge in [-0.15, -0.1) is 0 Å². The maximum atomic E-state index is 12.4. The molecular formula is C22H31N3O5. The maximum absolute atomic E-state index is 12.4. The zero-order valence-corrected chi connectivity index (χ0v) is 17.6. The van der Waals surface area contributed by atoms with Crippen molar-refractivity contribution < 1.29 is 19.2 Å². The van der Waals surface area contributed by atoms with Gasteiger partial charge in [-0.05, 0) is 43.7 Å². The van der Waals surface area contributed by atoms with Crippen molar-refractivity contribution in [1.29, 1.82) is 0 Å². The summed E-state index contributed by atoms with van der Waals surface area (Å²) < 4.78 is 5.12. The lowest BCUT2D eigenvalue weighted by atomic mass is 9.86. The van der Waals surface area contributed by atoms with Crippen LogP contribution in [0.5, 0.6) is 0 Å². The summed E-state index contributed by atoms with van der Waals surface area (Å²) in [6, 6.07) is 4.52. The summed E-state index contributed by atoms with van der Waals surface area (Å²) in [5.74, 6) is -0.655. The third-order valence-corrected chi connectivity index (χ3v) is 6.15. The zero-order valence-electron chi connectivity index (χ0n) is 17.6. The largest absolute Gasteiger partial charge is 0.452 e. The topological polar surface area (TPSA) is 102 Å². The number of nitrogens with zero attached hydrogens (tertiary/aromatic N) is 2. The Bertz CT molecular complexity index is 774. The number of rotatable bonds is 6. The Hall–Kier alpha value is -2.64. The Morgan fingerprint density at radius 1 is 1.13 bits per heavy atom. The molecule has 30 heavy (non-hydrogen) atoms. The van der Waals surface area contributed by atoms with Gasteiger partial charge in [-0.2, -0.15) is 0 Å². The van der Waals surface area contributed by atoms with E-state index in [0.717, 1.165) is 58.0 Å². The van der Waals surface area contributed by atoms with E-state index in [0.29, 0.717) is 11.6 Å². The van der Waals surface area contributed by atoms with Crippen LogP contribution in [-0.2, 0) is 9.53 Å². The number of hydrogen-bond donors (Lipinski definition) is 1. The fourth-order valence-corrected chi connectivity index (χ4v) is 4.37. The third kappa shape index (κ3) is 5.70. The van der Waals surface area contributed by atoms with Gasteiger partial charge in [0.25, 0.3) is 11.6 Å². The van der Waals surface area contributed by atoms with Crippen LogP contribution < -0.4 is 10.2 Å². The second kappa shape index (κ2) is 10.4. The highest BCUT2D eigenvalue weighted by Crippen LogP contribution is 2.31. The number of ether oxygens (including phenoxy) is 1. The Labute approximate surface area is 177 Å². The second-order valence-corrected chi connectivity index (χ2v) is 8.37.